The second kappa shape index (κ2) is 14.3. The van der Waals surface area contributed by atoms with Gasteiger partial charge in [0.1, 0.15) is 11.6 Å². The quantitative estimate of drug-likeness (QED) is 0.387. The Morgan fingerprint density at radius 1 is 1.08 bits per heavy atom. The van der Waals surface area contributed by atoms with E-state index in [1.165, 1.54) is 6.92 Å². The predicted molar refractivity (Wildman–Crippen MR) is 141 cm³/mol. The van der Waals surface area contributed by atoms with Gasteiger partial charge in [-0.15, -0.1) is 0 Å². The van der Waals surface area contributed by atoms with Crippen LogP contribution >= 0.6 is 0 Å². The van der Waals surface area contributed by atoms with E-state index < -0.39 is 12.0 Å². The van der Waals surface area contributed by atoms with Gasteiger partial charge >= 0.3 is 6.18 Å². The number of aromatic nitrogens is 2. The number of nitrogens with zero attached hydrogens (tertiary/aromatic N) is 5. The minimum Gasteiger partial charge on any atom is -0.358 e. The lowest BCUT2D eigenvalue weighted by molar-refractivity contribution is -0.144. The van der Waals surface area contributed by atoms with Gasteiger partial charge in [0.2, 0.25) is 18.1 Å². The third-order valence-corrected chi connectivity index (χ3v) is 6.69. The normalized spacial score (nSPS) is 15.7. The standard InChI is InChI=1S/C17H24F3N5O.C10H10N2O/c1-12(26)21-11-13-4-8-25(9-5-13)15-10-14(24-6-2-3-7-24)22-16(23-15)17(18,19)20;11-7-10-3-1-9(2-4-10)5-6-12-8-13/h10,13H,2-9,11H2,1H3,(H,21,26);1-4,8H,5-6H2,(H,12,13). The first-order chi connectivity index (χ1) is 18.7. The van der Waals surface area contributed by atoms with E-state index in [1.54, 1.807) is 18.2 Å². The first-order valence-electron chi connectivity index (χ1n) is 13.1. The van der Waals surface area contributed by atoms with Crippen LogP contribution in [-0.2, 0) is 22.2 Å². The minimum absolute atomic E-state index is 0.0618. The number of piperidine rings is 1. The van der Waals surface area contributed by atoms with Crippen molar-refractivity contribution in [3.05, 3.63) is 47.3 Å². The molecule has 12 heteroatoms. The molecule has 2 saturated heterocycles. The third-order valence-electron chi connectivity index (χ3n) is 6.69. The number of nitrogens with one attached hydrogen (secondary N) is 2. The lowest BCUT2D eigenvalue weighted by atomic mass is 9.97. The zero-order chi connectivity index (χ0) is 28.3. The second-order valence-corrected chi connectivity index (χ2v) is 9.60. The summed E-state index contributed by atoms with van der Waals surface area (Å²) in [6.45, 7) is 5.43. The van der Waals surface area contributed by atoms with E-state index in [4.69, 9.17) is 5.26 Å². The van der Waals surface area contributed by atoms with Crippen LogP contribution < -0.4 is 20.4 Å². The molecule has 9 nitrogen and oxygen atoms in total. The van der Waals surface area contributed by atoms with Crippen LogP contribution in [0.4, 0.5) is 24.8 Å². The summed E-state index contributed by atoms with van der Waals surface area (Å²) in [6.07, 6.45) is 0.474. The number of rotatable bonds is 8. The molecule has 2 fully saturated rings. The highest BCUT2D eigenvalue weighted by Crippen LogP contribution is 2.32. The van der Waals surface area contributed by atoms with E-state index in [-0.39, 0.29) is 5.91 Å². The van der Waals surface area contributed by atoms with Crippen molar-refractivity contribution in [2.75, 3.05) is 49.1 Å². The second-order valence-electron chi connectivity index (χ2n) is 9.60. The van der Waals surface area contributed by atoms with Gasteiger partial charge in [-0.1, -0.05) is 12.1 Å². The maximum atomic E-state index is 13.2. The Kier molecular flexibility index (Phi) is 10.9. The van der Waals surface area contributed by atoms with Gasteiger partial charge in [-0.2, -0.15) is 18.4 Å². The zero-order valence-corrected chi connectivity index (χ0v) is 22.0. The van der Waals surface area contributed by atoms with Gasteiger partial charge in [-0.25, -0.2) is 9.97 Å². The summed E-state index contributed by atoms with van der Waals surface area (Å²) in [4.78, 5) is 32.3. The Bertz CT molecular complexity index is 1120. The van der Waals surface area contributed by atoms with E-state index in [0.717, 1.165) is 50.8 Å². The van der Waals surface area contributed by atoms with Gasteiger partial charge < -0.3 is 20.4 Å². The Balaban J connectivity index is 0.000000272. The number of carbonyl (C=O) groups is 2. The summed E-state index contributed by atoms with van der Waals surface area (Å²) in [7, 11) is 0. The van der Waals surface area contributed by atoms with Gasteiger partial charge in [0.25, 0.3) is 0 Å². The number of alkyl halides is 3. The molecule has 2 aliphatic heterocycles. The van der Waals surface area contributed by atoms with Crippen LogP contribution in [0.5, 0.6) is 0 Å². The summed E-state index contributed by atoms with van der Waals surface area (Å²) in [5.41, 5.74) is 1.78. The van der Waals surface area contributed by atoms with Gasteiger partial charge in [0.05, 0.1) is 11.6 Å². The molecule has 2 amide bonds. The van der Waals surface area contributed by atoms with Crippen LogP contribution in [0.3, 0.4) is 0 Å². The Morgan fingerprint density at radius 3 is 2.18 bits per heavy atom. The monoisotopic (exact) mass is 545 g/mol. The van der Waals surface area contributed by atoms with Crippen LogP contribution in [0.15, 0.2) is 30.3 Å². The topological polar surface area (TPSA) is 114 Å². The Hall–Kier alpha value is -3.88. The number of hydrogen-bond acceptors (Lipinski definition) is 7. The lowest BCUT2D eigenvalue weighted by Gasteiger charge is -2.33. The van der Waals surface area contributed by atoms with Crippen LogP contribution in [0.25, 0.3) is 0 Å². The minimum atomic E-state index is -4.56. The highest BCUT2D eigenvalue weighted by Gasteiger charge is 2.37. The number of nitriles is 1. The molecule has 0 atom stereocenters. The maximum absolute atomic E-state index is 13.2. The first-order valence-corrected chi connectivity index (χ1v) is 13.1. The Labute approximate surface area is 226 Å². The Morgan fingerprint density at radius 2 is 1.67 bits per heavy atom. The number of amides is 2. The molecule has 0 radical (unpaired) electrons. The summed E-state index contributed by atoms with van der Waals surface area (Å²) < 4.78 is 39.7. The van der Waals surface area contributed by atoms with E-state index in [9.17, 15) is 22.8 Å². The summed E-state index contributed by atoms with van der Waals surface area (Å²) in [5.74, 6) is -0.0879. The fourth-order valence-corrected chi connectivity index (χ4v) is 4.49. The first kappa shape index (κ1) is 29.7. The van der Waals surface area contributed by atoms with Crippen molar-refractivity contribution >= 4 is 24.0 Å². The van der Waals surface area contributed by atoms with Crippen molar-refractivity contribution in [3.8, 4) is 6.07 Å². The SMILES string of the molecule is CC(=O)NCC1CCN(c2cc(N3CCCC3)nc(C(F)(F)F)n2)CC1.N#Cc1ccc(CCNC=O)cc1. The molecule has 3 heterocycles. The average Bonchev–Trinajstić information content (AvgIpc) is 3.48. The zero-order valence-electron chi connectivity index (χ0n) is 22.0. The van der Waals surface area contributed by atoms with Crippen LogP contribution in [0.1, 0.15) is 49.6 Å². The number of hydrogen-bond donors (Lipinski definition) is 2. The molecule has 2 N–H and O–H groups in total. The molecule has 1 aromatic carbocycles. The lowest BCUT2D eigenvalue weighted by Crippen LogP contribution is -2.39. The van der Waals surface area contributed by atoms with Crippen molar-refractivity contribution in [1.29, 1.82) is 5.26 Å². The van der Waals surface area contributed by atoms with Crippen molar-refractivity contribution in [3.63, 3.8) is 0 Å². The van der Waals surface area contributed by atoms with Crippen molar-refractivity contribution < 1.29 is 22.8 Å². The van der Waals surface area contributed by atoms with E-state index >= 15 is 0 Å². The molecular weight excluding hydrogens is 511 g/mol. The molecule has 2 aliphatic rings. The molecule has 39 heavy (non-hydrogen) atoms. The largest absolute Gasteiger partial charge is 0.451 e. The predicted octanol–water partition coefficient (Wildman–Crippen LogP) is 3.29. The van der Waals surface area contributed by atoms with Crippen LogP contribution in [0.2, 0.25) is 0 Å². The summed E-state index contributed by atoms with van der Waals surface area (Å²) in [5, 5.41) is 13.9. The molecule has 210 valence electrons. The molecule has 0 unspecified atom stereocenters. The molecule has 4 rings (SSSR count). The highest BCUT2D eigenvalue weighted by molar-refractivity contribution is 5.72. The van der Waals surface area contributed by atoms with E-state index in [0.29, 0.717) is 55.7 Å². The van der Waals surface area contributed by atoms with Gasteiger partial charge in [0.15, 0.2) is 0 Å². The van der Waals surface area contributed by atoms with E-state index in [2.05, 4.69) is 20.6 Å². The molecule has 1 aromatic heterocycles. The van der Waals surface area contributed by atoms with Crippen molar-refractivity contribution in [1.82, 2.24) is 20.6 Å². The molecule has 2 aromatic rings. The van der Waals surface area contributed by atoms with Crippen molar-refractivity contribution in [2.24, 2.45) is 5.92 Å². The van der Waals surface area contributed by atoms with Gasteiger partial charge in [-0.05, 0) is 55.7 Å². The van der Waals surface area contributed by atoms with E-state index in [1.807, 2.05) is 28.0 Å². The molecule has 0 saturated carbocycles. The summed E-state index contributed by atoms with van der Waals surface area (Å²) >= 11 is 0. The number of halogens is 3. The number of carbonyl (C=O) groups excluding carboxylic acids is 2. The smallest absolute Gasteiger partial charge is 0.358 e. The van der Waals surface area contributed by atoms with Crippen LogP contribution in [0, 0.1) is 17.2 Å². The average molecular weight is 546 g/mol. The van der Waals surface area contributed by atoms with Gasteiger partial charge in [0, 0.05) is 52.3 Å². The maximum Gasteiger partial charge on any atom is 0.451 e. The van der Waals surface area contributed by atoms with Gasteiger partial charge in [-0.3, -0.25) is 9.59 Å². The fourth-order valence-electron chi connectivity index (χ4n) is 4.49. The molecule has 0 aliphatic carbocycles. The molecule has 0 bridgehead atoms. The van der Waals surface area contributed by atoms with Crippen molar-refractivity contribution in [2.45, 2.75) is 45.2 Å². The van der Waals surface area contributed by atoms with Crippen LogP contribution in [-0.4, -0.2) is 61.6 Å². The number of benzene rings is 1. The summed E-state index contributed by atoms with van der Waals surface area (Å²) in [6, 6.07) is 11.1. The molecular formula is C27H34F3N7O2. The molecule has 0 spiro atoms. The fraction of sp³-hybridized carbons (Fsp3) is 0.519. The number of anilines is 2. The highest BCUT2D eigenvalue weighted by atomic mass is 19.4. The third kappa shape index (κ3) is 9.42.